The summed E-state index contributed by atoms with van der Waals surface area (Å²) in [5.41, 5.74) is 2.04. The molecule has 0 spiro atoms. The first kappa shape index (κ1) is 22.1. The SMILES string of the molecule is CC(=O)N(C)Cc1cn(CC(=O)Nc2cccc3c2CN(C2CCC(=O)NC2=O)C3=O)nn1. The fourth-order valence-corrected chi connectivity index (χ4v) is 3.88. The monoisotopic (exact) mass is 453 g/mol. The van der Waals surface area contributed by atoms with Gasteiger partial charge in [-0.05, 0) is 18.6 Å². The Morgan fingerprint density at radius 2 is 2.06 bits per heavy atom. The lowest BCUT2D eigenvalue weighted by atomic mass is 10.0. The molecular formula is C21H23N7O5. The molecule has 5 amide bonds. The van der Waals surface area contributed by atoms with Crippen LogP contribution in [0.4, 0.5) is 5.69 Å². The number of nitrogens with one attached hydrogen (secondary N) is 2. The van der Waals surface area contributed by atoms with Crippen LogP contribution in [-0.4, -0.2) is 67.4 Å². The lowest BCUT2D eigenvalue weighted by molar-refractivity contribution is -0.137. The second kappa shape index (κ2) is 8.81. The molecule has 0 saturated carbocycles. The van der Waals surface area contributed by atoms with Crippen LogP contribution in [0.3, 0.4) is 0 Å². The normalized spacial score (nSPS) is 17.6. The summed E-state index contributed by atoms with van der Waals surface area (Å²) in [7, 11) is 1.64. The van der Waals surface area contributed by atoms with E-state index in [0.717, 1.165) is 0 Å². The van der Waals surface area contributed by atoms with Gasteiger partial charge in [0.05, 0.1) is 12.7 Å². The topological polar surface area (TPSA) is 147 Å². The first-order valence-corrected chi connectivity index (χ1v) is 10.4. The molecule has 0 bridgehead atoms. The minimum atomic E-state index is -0.729. The summed E-state index contributed by atoms with van der Waals surface area (Å²) in [6.45, 7) is 1.77. The maximum Gasteiger partial charge on any atom is 0.255 e. The Morgan fingerprint density at radius 3 is 2.79 bits per heavy atom. The molecule has 12 heteroatoms. The van der Waals surface area contributed by atoms with Gasteiger partial charge in [-0.25, -0.2) is 4.68 Å². The van der Waals surface area contributed by atoms with Crippen molar-refractivity contribution in [1.82, 2.24) is 30.1 Å². The van der Waals surface area contributed by atoms with E-state index in [1.807, 2.05) is 0 Å². The Balaban J connectivity index is 1.43. The van der Waals surface area contributed by atoms with Crippen LogP contribution < -0.4 is 10.6 Å². The Hall–Kier alpha value is -4.09. The predicted octanol–water partition coefficient (Wildman–Crippen LogP) is -0.344. The van der Waals surface area contributed by atoms with Gasteiger partial charge in [0.2, 0.25) is 23.6 Å². The van der Waals surface area contributed by atoms with Crippen molar-refractivity contribution in [2.24, 2.45) is 0 Å². The van der Waals surface area contributed by atoms with Crippen molar-refractivity contribution < 1.29 is 24.0 Å². The minimum absolute atomic E-state index is 0.106. The summed E-state index contributed by atoms with van der Waals surface area (Å²) >= 11 is 0. The van der Waals surface area contributed by atoms with Gasteiger partial charge in [-0.2, -0.15) is 0 Å². The zero-order valence-electron chi connectivity index (χ0n) is 18.2. The van der Waals surface area contributed by atoms with Crippen LogP contribution in [-0.2, 0) is 38.8 Å². The van der Waals surface area contributed by atoms with Gasteiger partial charge in [0.1, 0.15) is 18.3 Å². The van der Waals surface area contributed by atoms with Crippen molar-refractivity contribution in [3.05, 3.63) is 41.2 Å². The van der Waals surface area contributed by atoms with Gasteiger partial charge < -0.3 is 15.1 Å². The van der Waals surface area contributed by atoms with E-state index in [0.29, 0.717) is 22.5 Å². The van der Waals surface area contributed by atoms with Crippen LogP contribution in [0.15, 0.2) is 24.4 Å². The summed E-state index contributed by atoms with van der Waals surface area (Å²) in [6, 6.07) is 4.26. The largest absolute Gasteiger partial charge is 0.340 e. The second-order valence-electron chi connectivity index (χ2n) is 8.06. The van der Waals surface area contributed by atoms with Crippen molar-refractivity contribution in [1.29, 1.82) is 0 Å². The van der Waals surface area contributed by atoms with Crippen molar-refractivity contribution in [2.75, 3.05) is 12.4 Å². The Morgan fingerprint density at radius 1 is 1.27 bits per heavy atom. The first-order valence-electron chi connectivity index (χ1n) is 10.4. The molecule has 172 valence electrons. The number of anilines is 1. The molecule has 1 saturated heterocycles. The van der Waals surface area contributed by atoms with E-state index in [-0.39, 0.29) is 56.1 Å². The van der Waals surface area contributed by atoms with Gasteiger partial charge in [0.15, 0.2) is 0 Å². The number of hydrogen-bond donors (Lipinski definition) is 2. The predicted molar refractivity (Wildman–Crippen MR) is 113 cm³/mol. The summed E-state index contributed by atoms with van der Waals surface area (Å²) in [4.78, 5) is 63.4. The standard InChI is InChI=1S/C21H23N7O5/c1-12(29)26(2)8-13-9-27(25-24-13)11-19(31)22-16-5-3-4-14-15(16)10-28(21(14)33)17-6-7-18(30)23-20(17)32/h3-5,9,17H,6-8,10-11H2,1-2H3,(H,22,31)(H,23,30,32). The van der Waals surface area contributed by atoms with Crippen molar-refractivity contribution in [2.45, 2.75) is 45.4 Å². The number of benzene rings is 1. The molecule has 4 rings (SSSR count). The van der Waals surface area contributed by atoms with Crippen LogP contribution in [0.25, 0.3) is 0 Å². The fraction of sp³-hybridized carbons (Fsp3) is 0.381. The number of fused-ring (bicyclic) bond motifs is 1. The van der Waals surface area contributed by atoms with Crippen LogP contribution in [0.1, 0.15) is 41.4 Å². The molecule has 0 radical (unpaired) electrons. The smallest absolute Gasteiger partial charge is 0.255 e. The molecule has 12 nitrogen and oxygen atoms in total. The number of nitrogens with zero attached hydrogens (tertiary/aromatic N) is 5. The zero-order valence-corrected chi connectivity index (χ0v) is 18.2. The molecule has 2 aliphatic rings. The highest BCUT2D eigenvalue weighted by molar-refractivity contribution is 6.06. The summed E-state index contributed by atoms with van der Waals surface area (Å²) in [5.74, 6) is -1.63. The van der Waals surface area contributed by atoms with Gasteiger partial charge in [0, 0.05) is 43.8 Å². The number of aromatic nitrogens is 3. The summed E-state index contributed by atoms with van der Waals surface area (Å²) < 4.78 is 1.36. The first-order chi connectivity index (χ1) is 15.7. The third-order valence-electron chi connectivity index (χ3n) is 5.68. The van der Waals surface area contributed by atoms with Gasteiger partial charge in [-0.1, -0.05) is 11.3 Å². The average molecular weight is 453 g/mol. The Kier molecular flexibility index (Phi) is 5.90. The number of carbonyl (C=O) groups is 5. The average Bonchev–Trinajstić information content (AvgIpc) is 3.33. The maximum atomic E-state index is 12.9. The molecule has 1 atom stereocenters. The second-order valence-corrected chi connectivity index (χ2v) is 8.06. The molecule has 2 N–H and O–H groups in total. The molecule has 33 heavy (non-hydrogen) atoms. The van der Waals surface area contributed by atoms with Crippen molar-refractivity contribution >= 4 is 35.2 Å². The number of rotatable bonds is 6. The fourth-order valence-electron chi connectivity index (χ4n) is 3.88. The van der Waals surface area contributed by atoms with Crippen LogP contribution in [0.5, 0.6) is 0 Å². The lowest BCUT2D eigenvalue weighted by Crippen LogP contribution is -2.52. The number of hydrogen-bond acceptors (Lipinski definition) is 7. The Bertz CT molecular complexity index is 1160. The van der Waals surface area contributed by atoms with Gasteiger partial charge in [0.25, 0.3) is 5.91 Å². The molecule has 1 aromatic heterocycles. The molecule has 1 aromatic carbocycles. The lowest BCUT2D eigenvalue weighted by Gasteiger charge is -2.29. The molecule has 1 fully saturated rings. The van der Waals surface area contributed by atoms with E-state index in [1.165, 1.54) is 21.4 Å². The third-order valence-corrected chi connectivity index (χ3v) is 5.68. The van der Waals surface area contributed by atoms with Crippen LogP contribution >= 0.6 is 0 Å². The zero-order chi connectivity index (χ0) is 23.7. The van der Waals surface area contributed by atoms with Gasteiger partial charge >= 0.3 is 0 Å². The van der Waals surface area contributed by atoms with E-state index < -0.39 is 11.9 Å². The van der Waals surface area contributed by atoms with Crippen molar-refractivity contribution in [3.8, 4) is 0 Å². The highest BCUT2D eigenvalue weighted by atomic mass is 16.2. The van der Waals surface area contributed by atoms with E-state index in [2.05, 4.69) is 20.9 Å². The van der Waals surface area contributed by atoms with Gasteiger partial charge in [-0.15, -0.1) is 5.10 Å². The highest BCUT2D eigenvalue weighted by Gasteiger charge is 2.39. The molecule has 2 aliphatic heterocycles. The van der Waals surface area contributed by atoms with Gasteiger partial charge in [-0.3, -0.25) is 29.3 Å². The third kappa shape index (κ3) is 4.59. The Labute approximate surface area is 188 Å². The molecular weight excluding hydrogens is 430 g/mol. The highest BCUT2D eigenvalue weighted by Crippen LogP contribution is 2.32. The summed E-state index contributed by atoms with van der Waals surface area (Å²) in [6.07, 6.45) is 2.02. The molecule has 0 aliphatic carbocycles. The number of imide groups is 1. The maximum absolute atomic E-state index is 12.9. The molecule has 3 heterocycles. The van der Waals surface area contributed by atoms with Crippen LogP contribution in [0, 0.1) is 0 Å². The van der Waals surface area contributed by atoms with E-state index in [1.54, 1.807) is 31.4 Å². The molecule has 1 unspecified atom stereocenters. The summed E-state index contributed by atoms with van der Waals surface area (Å²) in [5, 5.41) is 12.9. The van der Waals surface area contributed by atoms with E-state index >= 15 is 0 Å². The quantitative estimate of drug-likeness (QED) is 0.569. The van der Waals surface area contributed by atoms with E-state index in [4.69, 9.17) is 0 Å². The van der Waals surface area contributed by atoms with E-state index in [9.17, 15) is 24.0 Å². The number of carbonyl (C=O) groups excluding carboxylic acids is 5. The minimum Gasteiger partial charge on any atom is -0.340 e. The molecule has 2 aromatic rings. The van der Waals surface area contributed by atoms with Crippen LogP contribution in [0.2, 0.25) is 0 Å². The number of amides is 5. The van der Waals surface area contributed by atoms with Crippen molar-refractivity contribution in [3.63, 3.8) is 0 Å². The number of piperidine rings is 1.